The Morgan fingerprint density at radius 2 is 2.25 bits per heavy atom. The summed E-state index contributed by atoms with van der Waals surface area (Å²) in [7, 11) is 0. The standard InChI is InChI=1S/C7H9N3O2/c1-2-3-8-5-4-6(11)10-7(12)9-5/h2,4H,1,3H2,(H3,8,9,10,11,12). The van der Waals surface area contributed by atoms with Crippen molar-refractivity contribution in [2.45, 2.75) is 0 Å². The first-order chi connectivity index (χ1) is 5.72. The molecule has 12 heavy (non-hydrogen) atoms. The topological polar surface area (TPSA) is 77.8 Å². The van der Waals surface area contributed by atoms with Gasteiger partial charge in [0.05, 0.1) is 0 Å². The zero-order chi connectivity index (χ0) is 8.97. The van der Waals surface area contributed by atoms with Crippen LogP contribution in [-0.4, -0.2) is 16.5 Å². The van der Waals surface area contributed by atoms with E-state index in [0.717, 1.165) is 0 Å². The minimum atomic E-state index is -0.519. The summed E-state index contributed by atoms with van der Waals surface area (Å²) in [5, 5.41) is 2.78. The van der Waals surface area contributed by atoms with Gasteiger partial charge in [-0.3, -0.25) is 14.8 Å². The number of anilines is 1. The van der Waals surface area contributed by atoms with Gasteiger partial charge in [0.2, 0.25) is 0 Å². The van der Waals surface area contributed by atoms with Gasteiger partial charge in [-0.2, -0.15) is 0 Å². The van der Waals surface area contributed by atoms with Gasteiger partial charge in [-0.1, -0.05) is 6.08 Å². The zero-order valence-electron chi connectivity index (χ0n) is 6.39. The molecule has 0 atom stereocenters. The first kappa shape index (κ1) is 8.32. The van der Waals surface area contributed by atoms with Crippen LogP contribution >= 0.6 is 0 Å². The highest BCUT2D eigenvalue weighted by Crippen LogP contribution is 1.90. The number of hydrogen-bond donors (Lipinski definition) is 3. The van der Waals surface area contributed by atoms with Crippen LogP contribution in [0.15, 0.2) is 28.3 Å². The molecule has 0 bridgehead atoms. The summed E-state index contributed by atoms with van der Waals surface area (Å²) in [5.41, 5.74) is -0.945. The monoisotopic (exact) mass is 167 g/mol. The van der Waals surface area contributed by atoms with Crippen LogP contribution in [0.1, 0.15) is 0 Å². The minimum absolute atomic E-state index is 0.392. The molecule has 1 aromatic heterocycles. The van der Waals surface area contributed by atoms with Crippen molar-refractivity contribution in [3.05, 3.63) is 39.6 Å². The summed E-state index contributed by atoms with van der Waals surface area (Å²) < 4.78 is 0. The molecule has 0 aliphatic carbocycles. The van der Waals surface area contributed by atoms with Gasteiger partial charge in [0, 0.05) is 12.6 Å². The van der Waals surface area contributed by atoms with Gasteiger partial charge < -0.3 is 5.32 Å². The molecule has 0 radical (unpaired) electrons. The molecule has 0 saturated carbocycles. The van der Waals surface area contributed by atoms with Crippen molar-refractivity contribution in [2.75, 3.05) is 11.9 Å². The lowest BCUT2D eigenvalue weighted by atomic mass is 10.5. The van der Waals surface area contributed by atoms with Crippen molar-refractivity contribution in [3.63, 3.8) is 0 Å². The van der Waals surface area contributed by atoms with Crippen molar-refractivity contribution >= 4 is 5.82 Å². The maximum absolute atomic E-state index is 10.7. The van der Waals surface area contributed by atoms with Crippen LogP contribution in [0, 0.1) is 0 Å². The predicted octanol–water partition coefficient (Wildman–Crippen LogP) is -0.339. The van der Waals surface area contributed by atoms with Crippen LogP contribution in [0.4, 0.5) is 5.82 Å². The Hall–Kier alpha value is -1.78. The molecule has 0 amide bonds. The van der Waals surface area contributed by atoms with E-state index < -0.39 is 11.2 Å². The van der Waals surface area contributed by atoms with Crippen LogP contribution in [-0.2, 0) is 0 Å². The van der Waals surface area contributed by atoms with E-state index in [1.807, 2.05) is 0 Å². The number of aromatic nitrogens is 2. The molecule has 1 rings (SSSR count). The SMILES string of the molecule is C=CCNc1cc(=O)[nH]c(=O)[nH]1. The molecule has 0 aliphatic heterocycles. The van der Waals surface area contributed by atoms with Gasteiger partial charge in [0.25, 0.3) is 5.56 Å². The van der Waals surface area contributed by atoms with Gasteiger partial charge in [-0.25, -0.2) is 4.79 Å². The molecule has 1 aromatic rings. The van der Waals surface area contributed by atoms with Crippen molar-refractivity contribution in [2.24, 2.45) is 0 Å². The van der Waals surface area contributed by atoms with Gasteiger partial charge >= 0.3 is 5.69 Å². The normalized spacial score (nSPS) is 9.33. The molecule has 0 aromatic carbocycles. The lowest BCUT2D eigenvalue weighted by Crippen LogP contribution is -2.22. The minimum Gasteiger partial charge on any atom is -0.368 e. The number of aromatic amines is 2. The number of hydrogen-bond acceptors (Lipinski definition) is 3. The van der Waals surface area contributed by atoms with Gasteiger partial charge in [0.15, 0.2) is 0 Å². The van der Waals surface area contributed by atoms with E-state index in [1.54, 1.807) is 6.08 Å². The Kier molecular flexibility index (Phi) is 2.47. The number of nitrogens with one attached hydrogen (secondary N) is 3. The lowest BCUT2D eigenvalue weighted by molar-refractivity contribution is 1.03. The van der Waals surface area contributed by atoms with Crippen molar-refractivity contribution in [1.29, 1.82) is 0 Å². The highest BCUT2D eigenvalue weighted by atomic mass is 16.2. The Morgan fingerprint density at radius 3 is 2.83 bits per heavy atom. The maximum atomic E-state index is 10.7. The summed E-state index contributed by atoms with van der Waals surface area (Å²) in [6.07, 6.45) is 1.62. The molecule has 0 unspecified atom stereocenters. The van der Waals surface area contributed by atoms with Gasteiger partial charge in [0.1, 0.15) is 5.82 Å². The fraction of sp³-hybridized carbons (Fsp3) is 0.143. The summed E-state index contributed by atoms with van der Waals surface area (Å²) in [6.45, 7) is 3.98. The summed E-state index contributed by atoms with van der Waals surface area (Å²) in [5.74, 6) is 0.392. The molecular weight excluding hydrogens is 158 g/mol. The van der Waals surface area contributed by atoms with E-state index in [4.69, 9.17) is 0 Å². The molecule has 5 heteroatoms. The molecule has 0 fully saturated rings. The third-order valence-electron chi connectivity index (χ3n) is 1.20. The van der Waals surface area contributed by atoms with Crippen molar-refractivity contribution in [1.82, 2.24) is 9.97 Å². The Bertz CT molecular complexity index is 348. The Balaban J connectivity index is 2.93. The van der Waals surface area contributed by atoms with E-state index >= 15 is 0 Å². The summed E-state index contributed by atoms with van der Waals surface area (Å²) in [4.78, 5) is 25.9. The van der Waals surface area contributed by atoms with Crippen molar-refractivity contribution in [3.8, 4) is 0 Å². The fourth-order valence-electron chi connectivity index (χ4n) is 0.746. The average Bonchev–Trinajstić information content (AvgIpc) is 1.99. The molecule has 0 spiro atoms. The largest absolute Gasteiger partial charge is 0.368 e. The van der Waals surface area contributed by atoms with E-state index in [1.165, 1.54) is 6.07 Å². The summed E-state index contributed by atoms with van der Waals surface area (Å²) in [6, 6.07) is 1.27. The molecular formula is C7H9N3O2. The molecule has 5 nitrogen and oxygen atoms in total. The quantitative estimate of drug-likeness (QED) is 0.539. The van der Waals surface area contributed by atoms with Crippen molar-refractivity contribution < 1.29 is 0 Å². The maximum Gasteiger partial charge on any atom is 0.327 e. The zero-order valence-corrected chi connectivity index (χ0v) is 6.39. The number of rotatable bonds is 3. The highest BCUT2D eigenvalue weighted by molar-refractivity contribution is 5.32. The Morgan fingerprint density at radius 1 is 1.50 bits per heavy atom. The highest BCUT2D eigenvalue weighted by Gasteiger charge is 1.92. The third kappa shape index (κ3) is 2.12. The van der Waals surface area contributed by atoms with E-state index in [9.17, 15) is 9.59 Å². The van der Waals surface area contributed by atoms with E-state index in [0.29, 0.717) is 12.4 Å². The second-order valence-electron chi connectivity index (χ2n) is 2.17. The first-order valence-corrected chi connectivity index (χ1v) is 3.41. The second-order valence-corrected chi connectivity index (χ2v) is 2.17. The first-order valence-electron chi connectivity index (χ1n) is 3.41. The Labute approximate surface area is 68.1 Å². The van der Waals surface area contributed by atoms with Crippen LogP contribution in [0.25, 0.3) is 0 Å². The molecule has 0 saturated heterocycles. The van der Waals surface area contributed by atoms with E-state index in [2.05, 4.69) is 21.9 Å². The molecule has 0 aliphatic rings. The second kappa shape index (κ2) is 3.56. The third-order valence-corrected chi connectivity index (χ3v) is 1.20. The van der Waals surface area contributed by atoms with Gasteiger partial charge in [-0.05, 0) is 0 Å². The smallest absolute Gasteiger partial charge is 0.327 e. The molecule has 64 valence electrons. The van der Waals surface area contributed by atoms with Gasteiger partial charge in [-0.15, -0.1) is 6.58 Å². The number of H-pyrrole nitrogens is 2. The van der Waals surface area contributed by atoms with Crippen LogP contribution in [0.3, 0.4) is 0 Å². The van der Waals surface area contributed by atoms with Crippen LogP contribution in [0.5, 0.6) is 0 Å². The fourth-order valence-corrected chi connectivity index (χ4v) is 0.746. The molecule has 3 N–H and O–H groups in total. The molecule has 1 heterocycles. The summed E-state index contributed by atoms with van der Waals surface area (Å²) >= 11 is 0. The van der Waals surface area contributed by atoms with Crippen LogP contribution in [0.2, 0.25) is 0 Å². The predicted molar refractivity (Wildman–Crippen MR) is 46.4 cm³/mol. The lowest BCUT2D eigenvalue weighted by Gasteiger charge is -1.99. The van der Waals surface area contributed by atoms with Crippen LogP contribution < -0.4 is 16.6 Å². The van der Waals surface area contributed by atoms with E-state index in [-0.39, 0.29) is 0 Å². The average molecular weight is 167 g/mol.